The van der Waals surface area contributed by atoms with E-state index in [1.807, 2.05) is 25.5 Å². The van der Waals surface area contributed by atoms with E-state index in [0.29, 0.717) is 6.54 Å². The zero-order valence-corrected chi connectivity index (χ0v) is 9.83. The lowest BCUT2D eigenvalue weighted by Gasteiger charge is -2.11. The number of nitrogens with one attached hydrogen (secondary N) is 1. The highest BCUT2D eigenvalue weighted by atomic mass is 15.3. The highest BCUT2D eigenvalue weighted by molar-refractivity contribution is 5.22. The lowest BCUT2D eigenvalue weighted by molar-refractivity contribution is 0.491. The number of rotatable bonds is 4. The van der Waals surface area contributed by atoms with Crippen molar-refractivity contribution >= 4 is 0 Å². The van der Waals surface area contributed by atoms with Gasteiger partial charge < -0.3 is 5.32 Å². The number of likely N-dealkylation sites (N-methyl/N-ethyl adjacent to an activating group) is 1. The highest BCUT2D eigenvalue weighted by Crippen LogP contribution is 2.11. The molecule has 1 heterocycles. The van der Waals surface area contributed by atoms with Crippen LogP contribution in [0.4, 0.5) is 0 Å². The van der Waals surface area contributed by atoms with Crippen LogP contribution < -0.4 is 5.32 Å². The minimum atomic E-state index is -0.160. The molecule has 0 saturated heterocycles. The minimum absolute atomic E-state index is 0.160. The van der Waals surface area contributed by atoms with Crippen LogP contribution in [0.1, 0.15) is 23.9 Å². The van der Waals surface area contributed by atoms with Crippen LogP contribution >= 0.6 is 0 Å². The Kier molecular flexibility index (Phi) is 3.87. The highest BCUT2D eigenvalue weighted by Gasteiger charge is 2.11. The Hall–Kier alpha value is -1.34. The van der Waals surface area contributed by atoms with Gasteiger partial charge in [0.25, 0.3) is 0 Å². The smallest absolute Gasteiger partial charge is 0.115 e. The fourth-order valence-electron chi connectivity index (χ4n) is 1.53. The van der Waals surface area contributed by atoms with Gasteiger partial charge in [-0.2, -0.15) is 10.4 Å². The number of nitrogens with zero attached hydrogens (tertiary/aromatic N) is 3. The summed E-state index contributed by atoms with van der Waals surface area (Å²) in [6, 6.07) is 2.08. The lowest BCUT2D eigenvalue weighted by Crippen LogP contribution is -2.32. The van der Waals surface area contributed by atoms with Gasteiger partial charge in [-0.1, -0.05) is 6.92 Å². The number of hydrogen-bond acceptors (Lipinski definition) is 3. The van der Waals surface area contributed by atoms with Crippen LogP contribution in [0.25, 0.3) is 0 Å². The van der Waals surface area contributed by atoms with E-state index >= 15 is 0 Å². The second kappa shape index (κ2) is 4.94. The predicted molar refractivity (Wildman–Crippen MR) is 59.5 cm³/mol. The largest absolute Gasteiger partial charge is 0.301 e. The summed E-state index contributed by atoms with van der Waals surface area (Å²) in [5.74, 6) is 0. The van der Waals surface area contributed by atoms with Gasteiger partial charge in [-0.3, -0.25) is 4.68 Å². The second-order valence-electron chi connectivity index (χ2n) is 3.72. The lowest BCUT2D eigenvalue weighted by atomic mass is 10.2. The molecule has 0 spiro atoms. The maximum absolute atomic E-state index is 8.93. The molecule has 0 aromatic carbocycles. The molecule has 0 saturated carbocycles. The molecule has 1 aromatic heterocycles. The van der Waals surface area contributed by atoms with Gasteiger partial charge in [0.05, 0.1) is 18.3 Å². The maximum Gasteiger partial charge on any atom is 0.115 e. The van der Waals surface area contributed by atoms with Crippen LogP contribution in [0.15, 0.2) is 0 Å². The molecule has 82 valence electrons. The van der Waals surface area contributed by atoms with E-state index in [4.69, 9.17) is 5.26 Å². The van der Waals surface area contributed by atoms with Crippen LogP contribution in [0.2, 0.25) is 0 Å². The van der Waals surface area contributed by atoms with Crippen molar-refractivity contribution in [3.05, 3.63) is 17.0 Å². The molecule has 1 N–H and O–H groups in total. The summed E-state index contributed by atoms with van der Waals surface area (Å²) in [6.45, 7) is 9.50. The maximum atomic E-state index is 8.93. The van der Waals surface area contributed by atoms with Gasteiger partial charge in [-0.15, -0.1) is 0 Å². The molecule has 0 aliphatic carbocycles. The molecule has 4 heteroatoms. The Bertz CT molecular complexity index is 373. The van der Waals surface area contributed by atoms with E-state index in [1.54, 1.807) is 0 Å². The Labute approximate surface area is 90.9 Å². The number of aromatic nitrogens is 2. The van der Waals surface area contributed by atoms with E-state index in [2.05, 4.69) is 23.4 Å². The van der Waals surface area contributed by atoms with Gasteiger partial charge in [0.15, 0.2) is 0 Å². The third-order valence-electron chi connectivity index (χ3n) is 2.71. The molecule has 15 heavy (non-hydrogen) atoms. The summed E-state index contributed by atoms with van der Waals surface area (Å²) in [5.41, 5.74) is 3.40. The van der Waals surface area contributed by atoms with Gasteiger partial charge in [0, 0.05) is 5.69 Å². The monoisotopic (exact) mass is 206 g/mol. The van der Waals surface area contributed by atoms with Gasteiger partial charge in [0.2, 0.25) is 0 Å². The SMILES string of the molecule is CCNC(C#N)Cn1nc(C)c(C)c1C. The molecule has 1 rings (SSSR count). The zero-order valence-electron chi connectivity index (χ0n) is 9.83. The molecule has 1 atom stereocenters. The normalized spacial score (nSPS) is 12.5. The molecule has 1 unspecified atom stereocenters. The molecule has 0 bridgehead atoms. The third kappa shape index (κ3) is 2.57. The van der Waals surface area contributed by atoms with Crippen molar-refractivity contribution in [1.82, 2.24) is 15.1 Å². The van der Waals surface area contributed by atoms with E-state index in [0.717, 1.165) is 17.9 Å². The second-order valence-corrected chi connectivity index (χ2v) is 3.72. The first kappa shape index (κ1) is 11.7. The van der Waals surface area contributed by atoms with Crippen LogP contribution in [0.5, 0.6) is 0 Å². The Morgan fingerprint density at radius 2 is 2.13 bits per heavy atom. The predicted octanol–water partition coefficient (Wildman–Crippen LogP) is 1.31. The number of hydrogen-bond donors (Lipinski definition) is 1. The summed E-state index contributed by atoms with van der Waals surface area (Å²) < 4.78 is 1.90. The van der Waals surface area contributed by atoms with Crippen molar-refractivity contribution in [1.29, 1.82) is 5.26 Å². The first-order valence-corrected chi connectivity index (χ1v) is 5.23. The Morgan fingerprint density at radius 3 is 2.53 bits per heavy atom. The first-order chi connectivity index (χ1) is 7.10. The van der Waals surface area contributed by atoms with Crippen molar-refractivity contribution in [2.75, 3.05) is 6.54 Å². The molecule has 1 aromatic rings. The standard InChI is InChI=1S/C11H18N4/c1-5-13-11(6-12)7-15-10(4)8(2)9(3)14-15/h11,13H,5,7H2,1-4H3. The van der Waals surface area contributed by atoms with Gasteiger partial charge in [0.1, 0.15) is 6.04 Å². The molecule has 0 radical (unpaired) electrons. The fourth-order valence-corrected chi connectivity index (χ4v) is 1.53. The minimum Gasteiger partial charge on any atom is -0.301 e. The van der Waals surface area contributed by atoms with Gasteiger partial charge >= 0.3 is 0 Å². The zero-order chi connectivity index (χ0) is 11.4. The summed E-state index contributed by atoms with van der Waals surface area (Å²) in [7, 11) is 0. The van der Waals surface area contributed by atoms with E-state index in [-0.39, 0.29) is 6.04 Å². The van der Waals surface area contributed by atoms with Crippen LogP contribution in [0.3, 0.4) is 0 Å². The van der Waals surface area contributed by atoms with Crippen LogP contribution in [0, 0.1) is 32.1 Å². The average Bonchev–Trinajstić information content (AvgIpc) is 2.46. The third-order valence-corrected chi connectivity index (χ3v) is 2.71. The fraction of sp³-hybridized carbons (Fsp3) is 0.636. The molecular formula is C11H18N4. The molecule has 4 nitrogen and oxygen atoms in total. The molecular weight excluding hydrogens is 188 g/mol. The summed E-state index contributed by atoms with van der Waals surface area (Å²) in [4.78, 5) is 0. The van der Waals surface area contributed by atoms with Crippen molar-refractivity contribution in [2.45, 2.75) is 40.3 Å². The average molecular weight is 206 g/mol. The molecule has 0 amide bonds. The Morgan fingerprint density at radius 1 is 1.47 bits per heavy atom. The van der Waals surface area contributed by atoms with Gasteiger partial charge in [-0.05, 0) is 32.9 Å². The van der Waals surface area contributed by atoms with E-state index in [1.165, 1.54) is 5.56 Å². The molecule has 0 aliphatic rings. The Balaban J connectivity index is 2.80. The van der Waals surface area contributed by atoms with E-state index < -0.39 is 0 Å². The first-order valence-electron chi connectivity index (χ1n) is 5.23. The number of aryl methyl sites for hydroxylation is 1. The summed E-state index contributed by atoms with van der Waals surface area (Å²) in [6.07, 6.45) is 0. The topological polar surface area (TPSA) is 53.6 Å². The van der Waals surface area contributed by atoms with Crippen molar-refractivity contribution in [2.24, 2.45) is 0 Å². The van der Waals surface area contributed by atoms with Crippen LogP contribution in [-0.4, -0.2) is 22.4 Å². The van der Waals surface area contributed by atoms with E-state index in [9.17, 15) is 0 Å². The van der Waals surface area contributed by atoms with Crippen LogP contribution in [-0.2, 0) is 6.54 Å². The summed E-state index contributed by atoms with van der Waals surface area (Å²) >= 11 is 0. The number of nitriles is 1. The molecule has 0 fully saturated rings. The van der Waals surface area contributed by atoms with Crippen molar-refractivity contribution < 1.29 is 0 Å². The van der Waals surface area contributed by atoms with Crippen molar-refractivity contribution in [3.8, 4) is 6.07 Å². The quantitative estimate of drug-likeness (QED) is 0.808. The van der Waals surface area contributed by atoms with Crippen molar-refractivity contribution in [3.63, 3.8) is 0 Å². The molecule has 0 aliphatic heterocycles. The summed E-state index contributed by atoms with van der Waals surface area (Å²) in [5, 5.41) is 16.5. The van der Waals surface area contributed by atoms with Gasteiger partial charge in [-0.25, -0.2) is 0 Å².